The summed E-state index contributed by atoms with van der Waals surface area (Å²) >= 11 is 0. The Morgan fingerprint density at radius 1 is 1.44 bits per heavy atom. The van der Waals surface area contributed by atoms with Crippen molar-refractivity contribution < 1.29 is 4.39 Å². The summed E-state index contributed by atoms with van der Waals surface area (Å²) in [7, 11) is 1.97. The van der Waals surface area contributed by atoms with Crippen LogP contribution in [0.3, 0.4) is 0 Å². The molecule has 2 N–H and O–H groups in total. The van der Waals surface area contributed by atoms with Crippen LogP contribution in [-0.2, 0) is 6.42 Å². The predicted molar refractivity (Wildman–Crippen MR) is 74.4 cm³/mol. The number of hydrogen-bond donors (Lipinski definition) is 1. The molecule has 18 heavy (non-hydrogen) atoms. The van der Waals surface area contributed by atoms with Crippen molar-refractivity contribution in [2.24, 2.45) is 11.7 Å². The highest BCUT2D eigenvalue weighted by molar-refractivity contribution is 5.48. The Kier molecular flexibility index (Phi) is 4.23. The first kappa shape index (κ1) is 13.3. The number of benzene rings is 1. The van der Waals surface area contributed by atoms with Crippen LogP contribution in [0.2, 0.25) is 0 Å². The van der Waals surface area contributed by atoms with Gasteiger partial charge in [0.2, 0.25) is 0 Å². The zero-order valence-electron chi connectivity index (χ0n) is 11.3. The van der Waals surface area contributed by atoms with Gasteiger partial charge in [0, 0.05) is 19.6 Å². The largest absolute Gasteiger partial charge is 0.372 e. The molecule has 1 fully saturated rings. The average Bonchev–Trinajstić information content (AvgIpc) is 2.22. The van der Waals surface area contributed by atoms with Gasteiger partial charge in [-0.15, -0.1) is 0 Å². The van der Waals surface area contributed by atoms with Crippen LogP contribution < -0.4 is 10.6 Å². The predicted octanol–water partition coefficient (Wildman–Crippen LogP) is 2.95. The van der Waals surface area contributed by atoms with E-state index in [1.165, 1.54) is 19.3 Å². The Morgan fingerprint density at radius 3 is 2.67 bits per heavy atom. The van der Waals surface area contributed by atoms with E-state index >= 15 is 0 Å². The van der Waals surface area contributed by atoms with Gasteiger partial charge in [-0.05, 0) is 49.8 Å². The first-order chi connectivity index (χ1) is 8.56. The molecule has 0 saturated heterocycles. The third-order valence-corrected chi connectivity index (χ3v) is 3.74. The van der Waals surface area contributed by atoms with Crippen LogP contribution in [-0.4, -0.2) is 19.6 Å². The fourth-order valence-electron chi connectivity index (χ4n) is 2.52. The molecule has 1 aromatic carbocycles. The fourth-order valence-corrected chi connectivity index (χ4v) is 2.52. The van der Waals surface area contributed by atoms with Crippen LogP contribution in [0.15, 0.2) is 18.2 Å². The second-order valence-electron chi connectivity index (χ2n) is 5.64. The molecule has 1 saturated carbocycles. The lowest BCUT2D eigenvalue weighted by molar-refractivity contribution is 0.321. The van der Waals surface area contributed by atoms with E-state index in [9.17, 15) is 4.39 Å². The van der Waals surface area contributed by atoms with E-state index in [1.54, 1.807) is 6.07 Å². The van der Waals surface area contributed by atoms with Crippen molar-refractivity contribution in [3.05, 3.63) is 29.6 Å². The molecule has 0 amide bonds. The lowest BCUT2D eigenvalue weighted by Crippen LogP contribution is -2.29. The van der Waals surface area contributed by atoms with E-state index in [1.807, 2.05) is 31.0 Å². The smallest absolute Gasteiger partial charge is 0.146 e. The topological polar surface area (TPSA) is 29.3 Å². The van der Waals surface area contributed by atoms with Gasteiger partial charge in [-0.3, -0.25) is 0 Å². The molecular formula is C15H23FN2. The summed E-state index contributed by atoms with van der Waals surface area (Å²) in [5, 5.41) is 0. The zero-order valence-corrected chi connectivity index (χ0v) is 11.3. The molecule has 1 aliphatic rings. The van der Waals surface area contributed by atoms with Crippen LogP contribution in [0, 0.1) is 11.7 Å². The quantitative estimate of drug-likeness (QED) is 0.870. The number of nitrogens with zero attached hydrogens (tertiary/aromatic N) is 1. The number of rotatable bonds is 5. The SMILES string of the molecule is CC(N)Cc1ccc(N(C)CC2CCC2)c(F)c1. The number of hydrogen-bond acceptors (Lipinski definition) is 2. The lowest BCUT2D eigenvalue weighted by atomic mass is 9.85. The van der Waals surface area contributed by atoms with Crippen molar-refractivity contribution >= 4 is 5.69 Å². The molecule has 1 aliphatic carbocycles. The van der Waals surface area contributed by atoms with Crippen molar-refractivity contribution in [3.63, 3.8) is 0 Å². The average molecular weight is 250 g/mol. The maximum atomic E-state index is 14.0. The summed E-state index contributed by atoms with van der Waals surface area (Å²) in [6.45, 7) is 2.90. The second kappa shape index (κ2) is 5.70. The van der Waals surface area contributed by atoms with E-state index in [4.69, 9.17) is 5.73 Å². The van der Waals surface area contributed by atoms with Gasteiger partial charge in [0.1, 0.15) is 5.82 Å². The summed E-state index contributed by atoms with van der Waals surface area (Å²) in [6, 6.07) is 5.56. The van der Waals surface area contributed by atoms with E-state index in [2.05, 4.69) is 0 Å². The highest BCUT2D eigenvalue weighted by Crippen LogP contribution is 2.29. The van der Waals surface area contributed by atoms with Crippen molar-refractivity contribution in [3.8, 4) is 0 Å². The molecule has 1 unspecified atom stereocenters. The van der Waals surface area contributed by atoms with Crippen LogP contribution in [0.4, 0.5) is 10.1 Å². The molecule has 0 heterocycles. The van der Waals surface area contributed by atoms with Gasteiger partial charge in [-0.25, -0.2) is 4.39 Å². The standard InChI is InChI=1S/C15H23FN2/c1-11(17)8-13-6-7-15(14(16)9-13)18(2)10-12-4-3-5-12/h6-7,9,11-12H,3-5,8,10,17H2,1-2H3. The molecule has 0 bridgehead atoms. The molecular weight excluding hydrogens is 227 g/mol. The fraction of sp³-hybridized carbons (Fsp3) is 0.600. The summed E-state index contributed by atoms with van der Waals surface area (Å²) in [5.74, 6) is 0.619. The van der Waals surface area contributed by atoms with Gasteiger partial charge >= 0.3 is 0 Å². The Bertz CT molecular complexity index is 399. The Morgan fingerprint density at radius 2 is 2.17 bits per heavy atom. The minimum Gasteiger partial charge on any atom is -0.372 e. The molecule has 0 spiro atoms. The number of nitrogens with two attached hydrogens (primary N) is 1. The second-order valence-corrected chi connectivity index (χ2v) is 5.64. The Hall–Kier alpha value is -1.09. The highest BCUT2D eigenvalue weighted by atomic mass is 19.1. The third kappa shape index (κ3) is 3.22. The van der Waals surface area contributed by atoms with Gasteiger partial charge in [-0.2, -0.15) is 0 Å². The molecule has 100 valence electrons. The van der Waals surface area contributed by atoms with Crippen LogP contribution >= 0.6 is 0 Å². The molecule has 2 nitrogen and oxygen atoms in total. The van der Waals surface area contributed by atoms with Crippen LogP contribution in [0.25, 0.3) is 0 Å². The first-order valence-electron chi connectivity index (χ1n) is 6.81. The van der Waals surface area contributed by atoms with Gasteiger partial charge in [-0.1, -0.05) is 12.5 Å². The maximum Gasteiger partial charge on any atom is 0.146 e. The van der Waals surface area contributed by atoms with Crippen molar-refractivity contribution in [1.29, 1.82) is 0 Å². The molecule has 0 aromatic heterocycles. The monoisotopic (exact) mass is 250 g/mol. The molecule has 0 radical (unpaired) electrons. The third-order valence-electron chi connectivity index (χ3n) is 3.74. The van der Waals surface area contributed by atoms with E-state index in [0.717, 1.165) is 24.4 Å². The van der Waals surface area contributed by atoms with Crippen LogP contribution in [0.1, 0.15) is 31.7 Å². The van der Waals surface area contributed by atoms with Crippen molar-refractivity contribution in [2.45, 2.75) is 38.6 Å². The zero-order chi connectivity index (χ0) is 13.1. The van der Waals surface area contributed by atoms with E-state index < -0.39 is 0 Å². The molecule has 2 rings (SSSR count). The normalized spacial score (nSPS) is 17.3. The molecule has 1 atom stereocenters. The number of halogens is 1. The van der Waals surface area contributed by atoms with Gasteiger partial charge < -0.3 is 10.6 Å². The lowest BCUT2D eigenvalue weighted by Gasteiger charge is -2.31. The van der Waals surface area contributed by atoms with Crippen molar-refractivity contribution in [2.75, 3.05) is 18.5 Å². The van der Waals surface area contributed by atoms with Gasteiger partial charge in [0.25, 0.3) is 0 Å². The summed E-state index contributed by atoms with van der Waals surface area (Å²) in [4.78, 5) is 2.04. The molecule has 0 aliphatic heterocycles. The van der Waals surface area contributed by atoms with Gasteiger partial charge in [0.05, 0.1) is 5.69 Å². The van der Waals surface area contributed by atoms with Crippen molar-refractivity contribution in [1.82, 2.24) is 0 Å². The Labute approximate surface area is 109 Å². The molecule has 1 aromatic rings. The maximum absolute atomic E-state index is 14.0. The number of anilines is 1. The first-order valence-corrected chi connectivity index (χ1v) is 6.81. The van der Waals surface area contributed by atoms with E-state index in [0.29, 0.717) is 5.69 Å². The highest BCUT2D eigenvalue weighted by Gasteiger charge is 2.20. The Balaban J connectivity index is 2.03. The summed E-state index contributed by atoms with van der Waals surface area (Å²) < 4.78 is 14.0. The summed E-state index contributed by atoms with van der Waals surface area (Å²) in [6.07, 6.45) is 4.63. The van der Waals surface area contributed by atoms with E-state index in [-0.39, 0.29) is 11.9 Å². The minimum atomic E-state index is -0.130. The molecule has 3 heteroatoms. The van der Waals surface area contributed by atoms with Gasteiger partial charge in [0.15, 0.2) is 0 Å². The minimum absolute atomic E-state index is 0.0722. The van der Waals surface area contributed by atoms with Crippen LogP contribution in [0.5, 0.6) is 0 Å². The summed E-state index contributed by atoms with van der Waals surface area (Å²) in [5.41, 5.74) is 7.41.